The van der Waals surface area contributed by atoms with E-state index in [4.69, 9.17) is 14.2 Å². The summed E-state index contributed by atoms with van der Waals surface area (Å²) in [5.41, 5.74) is 2.15. The number of hydrogen-bond acceptors (Lipinski definition) is 7. The van der Waals surface area contributed by atoms with Gasteiger partial charge in [-0.15, -0.1) is 11.3 Å². The molecule has 0 fully saturated rings. The summed E-state index contributed by atoms with van der Waals surface area (Å²) in [6.07, 6.45) is 0. The normalized spacial score (nSPS) is 12.3. The lowest BCUT2D eigenvalue weighted by Crippen LogP contribution is -2.20. The van der Waals surface area contributed by atoms with Crippen molar-refractivity contribution < 1.29 is 23.8 Å². The predicted molar refractivity (Wildman–Crippen MR) is 109 cm³/mol. The molecule has 7 nitrogen and oxygen atoms in total. The van der Waals surface area contributed by atoms with E-state index in [1.54, 1.807) is 24.3 Å². The van der Waals surface area contributed by atoms with E-state index in [2.05, 4.69) is 10.3 Å². The second kappa shape index (κ2) is 8.32. The van der Waals surface area contributed by atoms with E-state index in [1.165, 1.54) is 18.3 Å². The number of thiazole rings is 1. The average molecular weight is 410 g/mol. The van der Waals surface area contributed by atoms with E-state index < -0.39 is 0 Å². The van der Waals surface area contributed by atoms with E-state index in [9.17, 15) is 9.59 Å². The molecule has 0 atom stereocenters. The van der Waals surface area contributed by atoms with Gasteiger partial charge in [0, 0.05) is 16.5 Å². The Labute approximate surface area is 171 Å². The molecule has 0 aliphatic carbocycles. The van der Waals surface area contributed by atoms with Gasteiger partial charge in [-0.2, -0.15) is 0 Å². The van der Waals surface area contributed by atoms with Crippen LogP contribution in [0.1, 0.15) is 17.3 Å². The highest BCUT2D eigenvalue weighted by Gasteiger charge is 2.14. The van der Waals surface area contributed by atoms with Crippen LogP contribution in [0.2, 0.25) is 0 Å². The van der Waals surface area contributed by atoms with Crippen molar-refractivity contribution in [1.82, 2.24) is 4.98 Å². The summed E-state index contributed by atoms with van der Waals surface area (Å²) < 4.78 is 16.6. The number of nitrogens with one attached hydrogen (secondary N) is 1. The van der Waals surface area contributed by atoms with Crippen molar-refractivity contribution in [1.29, 1.82) is 0 Å². The van der Waals surface area contributed by atoms with E-state index in [1.807, 2.05) is 23.6 Å². The lowest BCUT2D eigenvalue weighted by Gasteiger charge is -2.18. The Balaban J connectivity index is 1.37. The van der Waals surface area contributed by atoms with Gasteiger partial charge >= 0.3 is 0 Å². The summed E-state index contributed by atoms with van der Waals surface area (Å²) in [7, 11) is 0. The number of ketones is 1. The summed E-state index contributed by atoms with van der Waals surface area (Å²) in [4.78, 5) is 28.0. The maximum atomic E-state index is 12.2. The number of anilines is 1. The molecule has 0 spiro atoms. The van der Waals surface area contributed by atoms with Crippen LogP contribution in [0.15, 0.2) is 47.8 Å². The first-order valence-corrected chi connectivity index (χ1v) is 9.85. The van der Waals surface area contributed by atoms with Gasteiger partial charge in [-0.3, -0.25) is 14.9 Å². The summed E-state index contributed by atoms with van der Waals surface area (Å²) in [5.74, 6) is 1.47. The molecular formula is C21H18N2O5S. The maximum Gasteiger partial charge on any atom is 0.264 e. The minimum atomic E-state index is -0.332. The number of hydrogen-bond donors (Lipinski definition) is 1. The molecule has 1 aliphatic heterocycles. The largest absolute Gasteiger partial charge is 0.486 e. The van der Waals surface area contributed by atoms with Crippen LogP contribution in [0.5, 0.6) is 17.2 Å². The number of benzene rings is 2. The van der Waals surface area contributed by atoms with Crippen LogP contribution in [-0.4, -0.2) is 36.5 Å². The van der Waals surface area contributed by atoms with Gasteiger partial charge in [0.15, 0.2) is 29.0 Å². The van der Waals surface area contributed by atoms with Crippen LogP contribution < -0.4 is 19.5 Å². The van der Waals surface area contributed by atoms with Crippen LogP contribution in [0, 0.1) is 0 Å². The number of Topliss-reactive ketones (excluding diaryl/α,β-unsaturated/α-hetero) is 1. The van der Waals surface area contributed by atoms with Crippen molar-refractivity contribution in [3.05, 3.63) is 53.4 Å². The van der Waals surface area contributed by atoms with Gasteiger partial charge in [0.2, 0.25) is 0 Å². The number of aromatic nitrogens is 1. The molecule has 0 radical (unpaired) electrons. The summed E-state index contributed by atoms with van der Waals surface area (Å²) in [6, 6.07) is 12.3. The van der Waals surface area contributed by atoms with Crippen molar-refractivity contribution in [2.45, 2.75) is 6.92 Å². The first kappa shape index (κ1) is 18.9. The quantitative estimate of drug-likeness (QED) is 0.622. The zero-order chi connectivity index (χ0) is 20.2. The van der Waals surface area contributed by atoms with Gasteiger partial charge in [-0.05, 0) is 37.3 Å². The third-order valence-corrected chi connectivity index (χ3v) is 4.96. The fraction of sp³-hybridized carbons (Fsp3) is 0.190. The van der Waals surface area contributed by atoms with Gasteiger partial charge < -0.3 is 14.2 Å². The number of carbonyl (C=O) groups is 2. The Hall–Kier alpha value is -3.39. The lowest BCUT2D eigenvalue weighted by atomic mass is 10.1. The van der Waals surface area contributed by atoms with Crippen molar-refractivity contribution >= 4 is 28.2 Å². The van der Waals surface area contributed by atoms with Gasteiger partial charge in [0.1, 0.15) is 19.0 Å². The number of carbonyl (C=O) groups excluding carboxylic acids is 2. The summed E-state index contributed by atoms with van der Waals surface area (Å²) in [5, 5.41) is 5.06. The van der Waals surface area contributed by atoms with Crippen LogP contribution >= 0.6 is 11.3 Å². The Morgan fingerprint density at radius 3 is 2.79 bits per heavy atom. The molecule has 0 unspecified atom stereocenters. The topological polar surface area (TPSA) is 86.8 Å². The third-order valence-electron chi connectivity index (χ3n) is 4.20. The third kappa shape index (κ3) is 4.55. The molecule has 2 heterocycles. The monoisotopic (exact) mass is 410 g/mol. The molecule has 0 saturated heterocycles. The molecule has 1 aliphatic rings. The maximum absolute atomic E-state index is 12.2. The van der Waals surface area contributed by atoms with Crippen molar-refractivity contribution in [3.63, 3.8) is 0 Å². The highest BCUT2D eigenvalue weighted by atomic mass is 32.1. The molecule has 29 heavy (non-hydrogen) atoms. The van der Waals surface area contributed by atoms with Gasteiger partial charge in [0.05, 0.1) is 5.69 Å². The second-order valence-electron chi connectivity index (χ2n) is 6.32. The molecule has 148 valence electrons. The Morgan fingerprint density at radius 1 is 1.14 bits per heavy atom. The van der Waals surface area contributed by atoms with E-state index >= 15 is 0 Å². The molecule has 2 aromatic carbocycles. The number of nitrogens with zero attached hydrogens (tertiary/aromatic N) is 1. The zero-order valence-electron chi connectivity index (χ0n) is 15.6. The van der Waals surface area contributed by atoms with E-state index in [0.717, 1.165) is 17.0 Å². The lowest BCUT2D eigenvalue weighted by molar-refractivity contribution is -0.118. The fourth-order valence-electron chi connectivity index (χ4n) is 2.78. The highest BCUT2D eigenvalue weighted by molar-refractivity contribution is 7.14. The molecule has 8 heteroatoms. The van der Waals surface area contributed by atoms with Crippen molar-refractivity contribution in [3.8, 4) is 28.5 Å². The molecule has 1 N–H and O–H groups in total. The molecule has 4 rings (SSSR count). The number of ether oxygens (including phenoxy) is 3. The zero-order valence-corrected chi connectivity index (χ0v) is 16.5. The Kier molecular flexibility index (Phi) is 5.44. The fourth-order valence-corrected chi connectivity index (χ4v) is 3.51. The SMILES string of the molecule is CC(=O)c1cccc(OCC(=O)Nc2nc(-c3ccc4c(c3)OCCO4)cs2)c1. The van der Waals surface area contributed by atoms with Crippen LogP contribution in [0.25, 0.3) is 11.3 Å². The first-order valence-electron chi connectivity index (χ1n) is 8.98. The number of fused-ring (bicyclic) bond motifs is 1. The molecule has 1 amide bonds. The Bertz CT molecular complexity index is 1060. The van der Waals surface area contributed by atoms with Crippen LogP contribution in [0.3, 0.4) is 0 Å². The number of rotatable bonds is 6. The second-order valence-corrected chi connectivity index (χ2v) is 7.18. The van der Waals surface area contributed by atoms with Gasteiger partial charge in [-0.25, -0.2) is 4.98 Å². The van der Waals surface area contributed by atoms with Crippen LogP contribution in [-0.2, 0) is 4.79 Å². The highest BCUT2D eigenvalue weighted by Crippen LogP contribution is 2.35. The van der Waals surface area contributed by atoms with Gasteiger partial charge in [0.25, 0.3) is 5.91 Å². The van der Waals surface area contributed by atoms with Crippen molar-refractivity contribution in [2.24, 2.45) is 0 Å². The number of amides is 1. The molecule has 3 aromatic rings. The smallest absolute Gasteiger partial charge is 0.264 e. The first-order chi connectivity index (χ1) is 14.1. The van der Waals surface area contributed by atoms with Crippen LogP contribution in [0.4, 0.5) is 5.13 Å². The standard InChI is InChI=1S/C21H18N2O5S/c1-13(24)14-3-2-4-16(9-14)28-11-20(25)23-21-22-17(12-29-21)15-5-6-18-19(10-15)27-8-7-26-18/h2-6,9-10,12H,7-8,11H2,1H3,(H,22,23,25). The summed E-state index contributed by atoms with van der Waals surface area (Å²) >= 11 is 1.32. The molecule has 0 bridgehead atoms. The molecular weight excluding hydrogens is 392 g/mol. The van der Waals surface area contributed by atoms with E-state index in [-0.39, 0.29) is 18.3 Å². The Morgan fingerprint density at radius 2 is 1.97 bits per heavy atom. The molecule has 1 aromatic heterocycles. The molecule has 0 saturated carbocycles. The summed E-state index contributed by atoms with van der Waals surface area (Å²) in [6.45, 7) is 2.36. The van der Waals surface area contributed by atoms with Crippen molar-refractivity contribution in [2.75, 3.05) is 25.1 Å². The van der Waals surface area contributed by atoms with Gasteiger partial charge in [-0.1, -0.05) is 12.1 Å². The average Bonchev–Trinajstić information content (AvgIpc) is 3.20. The minimum absolute atomic E-state index is 0.0608. The van der Waals surface area contributed by atoms with E-state index in [0.29, 0.717) is 35.4 Å². The minimum Gasteiger partial charge on any atom is -0.486 e. The predicted octanol–water partition coefficient (Wildman–Crippen LogP) is 3.80.